The molecule has 0 atom stereocenters. The minimum absolute atomic E-state index is 0.696. The number of oxazole rings is 1. The van der Waals surface area contributed by atoms with Gasteiger partial charge >= 0.3 is 0 Å². The molecule has 3 nitrogen and oxygen atoms in total. The maximum absolute atomic E-state index is 5.56. The number of nitrogens with two attached hydrogens (primary N) is 1. The van der Waals surface area contributed by atoms with Crippen molar-refractivity contribution in [3.05, 3.63) is 65.0 Å². The SMILES string of the molecule is Cc1nc2cc(Cc3ccc(CCN)cc3)ccc2o1. The van der Waals surface area contributed by atoms with Crippen LogP contribution in [-0.4, -0.2) is 11.5 Å². The van der Waals surface area contributed by atoms with Crippen LogP contribution in [0.5, 0.6) is 0 Å². The number of benzene rings is 2. The molecule has 0 saturated heterocycles. The Morgan fingerprint density at radius 2 is 1.70 bits per heavy atom. The molecule has 0 radical (unpaired) electrons. The van der Waals surface area contributed by atoms with E-state index in [4.69, 9.17) is 10.2 Å². The first kappa shape index (κ1) is 12.9. The molecule has 2 N–H and O–H groups in total. The second-order valence-electron chi connectivity index (χ2n) is 5.07. The van der Waals surface area contributed by atoms with E-state index in [0.29, 0.717) is 12.4 Å². The lowest BCUT2D eigenvalue weighted by molar-refractivity contribution is 0.561. The third-order valence-electron chi connectivity index (χ3n) is 3.42. The maximum Gasteiger partial charge on any atom is 0.192 e. The third kappa shape index (κ3) is 2.73. The summed E-state index contributed by atoms with van der Waals surface area (Å²) in [6.45, 7) is 2.57. The lowest BCUT2D eigenvalue weighted by Crippen LogP contribution is -2.02. The number of rotatable bonds is 4. The molecule has 0 unspecified atom stereocenters. The highest BCUT2D eigenvalue weighted by Crippen LogP contribution is 2.19. The first-order valence-electron chi connectivity index (χ1n) is 6.88. The van der Waals surface area contributed by atoms with Crippen molar-refractivity contribution in [2.75, 3.05) is 6.54 Å². The summed E-state index contributed by atoms with van der Waals surface area (Å²) in [6, 6.07) is 14.8. The molecule has 0 bridgehead atoms. The fraction of sp³-hybridized carbons (Fsp3) is 0.235. The molecule has 2 aromatic carbocycles. The van der Waals surface area contributed by atoms with Crippen LogP contribution in [-0.2, 0) is 12.8 Å². The van der Waals surface area contributed by atoms with Gasteiger partial charge in [-0.2, -0.15) is 0 Å². The van der Waals surface area contributed by atoms with Crippen LogP contribution in [0.1, 0.15) is 22.6 Å². The Bertz CT molecular complexity index is 713. The summed E-state index contributed by atoms with van der Waals surface area (Å²) in [6.07, 6.45) is 1.84. The maximum atomic E-state index is 5.56. The van der Waals surface area contributed by atoms with Crippen molar-refractivity contribution in [1.82, 2.24) is 4.98 Å². The molecular formula is C17H18N2O. The highest BCUT2D eigenvalue weighted by atomic mass is 16.3. The van der Waals surface area contributed by atoms with Crippen molar-refractivity contribution in [1.29, 1.82) is 0 Å². The van der Waals surface area contributed by atoms with Crippen molar-refractivity contribution in [3.63, 3.8) is 0 Å². The number of nitrogens with zero attached hydrogens (tertiary/aromatic N) is 1. The molecule has 3 rings (SSSR count). The second kappa shape index (κ2) is 5.47. The fourth-order valence-electron chi connectivity index (χ4n) is 2.42. The average Bonchev–Trinajstić information content (AvgIpc) is 2.81. The highest BCUT2D eigenvalue weighted by molar-refractivity contribution is 5.73. The molecule has 0 spiro atoms. The quantitative estimate of drug-likeness (QED) is 0.788. The minimum atomic E-state index is 0.696. The van der Waals surface area contributed by atoms with Crippen molar-refractivity contribution in [3.8, 4) is 0 Å². The largest absolute Gasteiger partial charge is 0.441 e. The highest BCUT2D eigenvalue weighted by Gasteiger charge is 2.04. The molecule has 102 valence electrons. The van der Waals surface area contributed by atoms with E-state index >= 15 is 0 Å². The van der Waals surface area contributed by atoms with Crippen LogP contribution in [0.25, 0.3) is 11.1 Å². The van der Waals surface area contributed by atoms with E-state index in [1.807, 2.05) is 13.0 Å². The average molecular weight is 266 g/mol. The summed E-state index contributed by atoms with van der Waals surface area (Å²) in [7, 11) is 0. The zero-order chi connectivity index (χ0) is 13.9. The smallest absolute Gasteiger partial charge is 0.192 e. The van der Waals surface area contributed by atoms with Gasteiger partial charge in [-0.1, -0.05) is 30.3 Å². The van der Waals surface area contributed by atoms with Gasteiger partial charge in [-0.15, -0.1) is 0 Å². The molecule has 0 aliphatic carbocycles. The molecule has 3 heteroatoms. The van der Waals surface area contributed by atoms with Crippen molar-refractivity contribution >= 4 is 11.1 Å². The third-order valence-corrected chi connectivity index (χ3v) is 3.42. The van der Waals surface area contributed by atoms with Gasteiger partial charge in [0.25, 0.3) is 0 Å². The minimum Gasteiger partial charge on any atom is -0.441 e. The predicted octanol–water partition coefficient (Wildman–Crippen LogP) is 3.23. The van der Waals surface area contributed by atoms with E-state index in [2.05, 4.69) is 41.4 Å². The predicted molar refractivity (Wildman–Crippen MR) is 80.8 cm³/mol. The molecule has 1 aromatic heterocycles. The number of hydrogen-bond donors (Lipinski definition) is 1. The van der Waals surface area contributed by atoms with Gasteiger partial charge < -0.3 is 10.2 Å². The van der Waals surface area contributed by atoms with Crippen LogP contribution in [0.4, 0.5) is 0 Å². The number of aryl methyl sites for hydroxylation is 1. The first-order valence-corrected chi connectivity index (χ1v) is 6.88. The molecule has 0 saturated carbocycles. The number of hydrogen-bond acceptors (Lipinski definition) is 3. The Morgan fingerprint density at radius 1 is 1.00 bits per heavy atom. The monoisotopic (exact) mass is 266 g/mol. The summed E-state index contributed by atoms with van der Waals surface area (Å²) in [5.74, 6) is 0.711. The van der Waals surface area contributed by atoms with E-state index < -0.39 is 0 Å². The Balaban J connectivity index is 1.81. The normalized spacial score (nSPS) is 11.1. The van der Waals surface area contributed by atoms with Crippen LogP contribution >= 0.6 is 0 Å². The molecule has 3 aromatic rings. The molecule has 20 heavy (non-hydrogen) atoms. The van der Waals surface area contributed by atoms with Crippen LogP contribution in [0.15, 0.2) is 46.9 Å². The molecule has 0 amide bonds. The van der Waals surface area contributed by atoms with Crippen LogP contribution in [0.3, 0.4) is 0 Å². The molecule has 1 heterocycles. The summed E-state index contributed by atoms with van der Waals surface area (Å²) >= 11 is 0. The summed E-state index contributed by atoms with van der Waals surface area (Å²) < 4.78 is 5.49. The van der Waals surface area contributed by atoms with Gasteiger partial charge in [0.1, 0.15) is 5.52 Å². The number of aromatic nitrogens is 1. The van der Waals surface area contributed by atoms with E-state index in [9.17, 15) is 0 Å². The Labute approximate surface area is 118 Å². The van der Waals surface area contributed by atoms with E-state index in [-0.39, 0.29) is 0 Å². The Hall–Kier alpha value is -2.13. The van der Waals surface area contributed by atoms with Gasteiger partial charge in [-0.3, -0.25) is 0 Å². The second-order valence-corrected chi connectivity index (χ2v) is 5.07. The molecule has 0 aliphatic rings. The summed E-state index contributed by atoms with van der Waals surface area (Å²) in [5.41, 5.74) is 11.2. The van der Waals surface area contributed by atoms with E-state index in [0.717, 1.165) is 23.9 Å². The Morgan fingerprint density at radius 3 is 2.45 bits per heavy atom. The van der Waals surface area contributed by atoms with Crippen molar-refractivity contribution in [2.45, 2.75) is 19.8 Å². The molecule has 0 aliphatic heterocycles. The zero-order valence-electron chi connectivity index (χ0n) is 11.6. The van der Waals surface area contributed by atoms with Gasteiger partial charge in [0, 0.05) is 6.92 Å². The van der Waals surface area contributed by atoms with Gasteiger partial charge in [0.2, 0.25) is 0 Å². The van der Waals surface area contributed by atoms with Gasteiger partial charge in [0.15, 0.2) is 11.5 Å². The van der Waals surface area contributed by atoms with Gasteiger partial charge in [-0.25, -0.2) is 4.98 Å². The molecule has 0 fully saturated rings. The molecular weight excluding hydrogens is 248 g/mol. The summed E-state index contributed by atoms with van der Waals surface area (Å²) in [4.78, 5) is 4.37. The van der Waals surface area contributed by atoms with Gasteiger partial charge in [-0.05, 0) is 48.2 Å². The standard InChI is InChI=1S/C17H18N2O/c1-12-19-16-11-15(6-7-17(16)20-12)10-14-4-2-13(3-5-14)8-9-18/h2-7,11H,8-10,18H2,1H3. The topological polar surface area (TPSA) is 52.0 Å². The van der Waals surface area contributed by atoms with Crippen molar-refractivity contribution in [2.24, 2.45) is 5.73 Å². The number of fused-ring (bicyclic) bond motifs is 1. The lowest BCUT2D eigenvalue weighted by Gasteiger charge is -2.04. The summed E-state index contributed by atoms with van der Waals surface area (Å²) in [5, 5.41) is 0. The zero-order valence-corrected chi connectivity index (χ0v) is 11.6. The Kier molecular flexibility index (Phi) is 3.52. The van der Waals surface area contributed by atoms with Crippen LogP contribution < -0.4 is 5.73 Å². The first-order chi connectivity index (χ1) is 9.74. The van der Waals surface area contributed by atoms with E-state index in [1.165, 1.54) is 16.7 Å². The van der Waals surface area contributed by atoms with Crippen LogP contribution in [0, 0.1) is 6.92 Å². The van der Waals surface area contributed by atoms with Gasteiger partial charge in [0.05, 0.1) is 0 Å². The lowest BCUT2D eigenvalue weighted by atomic mass is 10.0. The van der Waals surface area contributed by atoms with Crippen molar-refractivity contribution < 1.29 is 4.42 Å². The van der Waals surface area contributed by atoms with Crippen LogP contribution in [0.2, 0.25) is 0 Å². The van der Waals surface area contributed by atoms with E-state index in [1.54, 1.807) is 0 Å². The fourth-order valence-corrected chi connectivity index (χ4v) is 2.42.